The number of halogens is 1. The van der Waals surface area contributed by atoms with Crippen LogP contribution in [-0.2, 0) is 5.54 Å². The molecule has 122 valence electrons. The Labute approximate surface area is 141 Å². The van der Waals surface area contributed by atoms with Crippen LogP contribution in [0.4, 0.5) is 10.5 Å². The van der Waals surface area contributed by atoms with Crippen molar-refractivity contribution in [3.05, 3.63) is 58.6 Å². The van der Waals surface area contributed by atoms with Crippen LogP contribution in [0.15, 0.2) is 42.5 Å². The number of nitrogens with one attached hydrogen (secondary N) is 2. The second-order valence-corrected chi connectivity index (χ2v) is 6.25. The molecule has 0 aliphatic heterocycles. The van der Waals surface area contributed by atoms with Crippen LogP contribution in [0, 0.1) is 6.92 Å². The highest BCUT2D eigenvalue weighted by Crippen LogP contribution is 2.25. The first-order valence-corrected chi connectivity index (χ1v) is 7.70. The summed E-state index contributed by atoms with van der Waals surface area (Å²) in [6.45, 7) is 5.75. The lowest BCUT2D eigenvalue weighted by Gasteiger charge is -2.27. The molecule has 2 amide bonds. The normalized spacial score (nSPS) is 11.0. The largest absolute Gasteiger partial charge is 0.497 e. The second kappa shape index (κ2) is 6.92. The molecule has 0 atom stereocenters. The van der Waals surface area contributed by atoms with Crippen molar-refractivity contribution in [2.75, 3.05) is 12.4 Å². The molecule has 2 N–H and O–H groups in total. The number of anilines is 1. The molecule has 4 nitrogen and oxygen atoms in total. The van der Waals surface area contributed by atoms with Gasteiger partial charge in [-0.15, -0.1) is 0 Å². The summed E-state index contributed by atoms with van der Waals surface area (Å²) < 4.78 is 5.15. The topological polar surface area (TPSA) is 50.4 Å². The van der Waals surface area contributed by atoms with E-state index >= 15 is 0 Å². The van der Waals surface area contributed by atoms with E-state index in [1.165, 1.54) is 0 Å². The van der Waals surface area contributed by atoms with Crippen LogP contribution in [0.5, 0.6) is 5.75 Å². The number of rotatable bonds is 4. The highest BCUT2D eigenvalue weighted by atomic mass is 35.5. The number of amides is 2. The number of methoxy groups -OCH3 is 1. The monoisotopic (exact) mass is 332 g/mol. The highest BCUT2D eigenvalue weighted by Gasteiger charge is 2.23. The molecule has 0 radical (unpaired) electrons. The van der Waals surface area contributed by atoms with Crippen LogP contribution in [0.1, 0.15) is 25.0 Å². The van der Waals surface area contributed by atoms with Gasteiger partial charge in [0.25, 0.3) is 0 Å². The van der Waals surface area contributed by atoms with Gasteiger partial charge in [-0.1, -0.05) is 29.8 Å². The van der Waals surface area contributed by atoms with Crippen molar-refractivity contribution < 1.29 is 9.53 Å². The van der Waals surface area contributed by atoms with E-state index in [2.05, 4.69) is 10.6 Å². The standard InChI is InChI=1S/C18H21ClN2O2/c1-12-15(19)6-5-7-16(12)20-17(22)21-18(2,3)13-8-10-14(23-4)11-9-13/h5-11H,1-4H3,(H2,20,21,22). The number of carbonyl (C=O) groups excluding carboxylic acids is 1. The Kier molecular flexibility index (Phi) is 5.16. The lowest BCUT2D eigenvalue weighted by atomic mass is 9.94. The highest BCUT2D eigenvalue weighted by molar-refractivity contribution is 6.31. The number of ether oxygens (including phenoxy) is 1. The summed E-state index contributed by atoms with van der Waals surface area (Å²) in [6, 6.07) is 12.8. The Balaban J connectivity index is 2.09. The molecule has 2 aromatic rings. The Morgan fingerprint density at radius 1 is 1.13 bits per heavy atom. The predicted molar refractivity (Wildman–Crippen MR) is 94.4 cm³/mol. The molecule has 0 aromatic heterocycles. The van der Waals surface area contributed by atoms with Crippen LogP contribution >= 0.6 is 11.6 Å². The minimum absolute atomic E-state index is 0.281. The third kappa shape index (κ3) is 4.17. The molecule has 0 aliphatic carbocycles. The summed E-state index contributed by atoms with van der Waals surface area (Å²) in [5.74, 6) is 0.781. The van der Waals surface area contributed by atoms with Gasteiger partial charge in [-0.05, 0) is 56.2 Å². The molecule has 23 heavy (non-hydrogen) atoms. The van der Waals surface area contributed by atoms with Crippen LogP contribution in [0.25, 0.3) is 0 Å². The van der Waals surface area contributed by atoms with Crippen molar-refractivity contribution >= 4 is 23.3 Å². The molecule has 0 fully saturated rings. The fourth-order valence-electron chi connectivity index (χ4n) is 2.26. The Hall–Kier alpha value is -2.20. The van der Waals surface area contributed by atoms with E-state index in [0.29, 0.717) is 10.7 Å². The third-order valence-electron chi connectivity index (χ3n) is 3.75. The molecule has 2 aromatic carbocycles. The molecule has 5 heteroatoms. The van der Waals surface area contributed by atoms with E-state index in [0.717, 1.165) is 16.9 Å². The van der Waals surface area contributed by atoms with Gasteiger partial charge in [-0.3, -0.25) is 0 Å². The van der Waals surface area contributed by atoms with E-state index in [4.69, 9.17) is 16.3 Å². The Bertz CT molecular complexity index is 697. The van der Waals surface area contributed by atoms with Gasteiger partial charge < -0.3 is 15.4 Å². The van der Waals surface area contributed by atoms with Crippen LogP contribution in [0.3, 0.4) is 0 Å². The summed E-state index contributed by atoms with van der Waals surface area (Å²) in [5.41, 5.74) is 1.99. The van der Waals surface area contributed by atoms with E-state index in [-0.39, 0.29) is 6.03 Å². The lowest BCUT2D eigenvalue weighted by molar-refractivity contribution is 0.242. The minimum atomic E-state index is -0.525. The Morgan fingerprint density at radius 3 is 2.39 bits per heavy atom. The van der Waals surface area contributed by atoms with Gasteiger partial charge in [0.2, 0.25) is 0 Å². The van der Waals surface area contributed by atoms with Crippen LogP contribution in [-0.4, -0.2) is 13.1 Å². The van der Waals surface area contributed by atoms with Crippen molar-refractivity contribution in [3.8, 4) is 5.75 Å². The minimum Gasteiger partial charge on any atom is -0.497 e. The molecular weight excluding hydrogens is 312 g/mol. The van der Waals surface area contributed by atoms with Crippen LogP contribution < -0.4 is 15.4 Å². The van der Waals surface area contributed by atoms with E-state index in [1.54, 1.807) is 19.2 Å². The molecule has 0 heterocycles. The molecule has 0 spiro atoms. The fraction of sp³-hybridized carbons (Fsp3) is 0.278. The molecular formula is C18H21ClN2O2. The van der Waals surface area contributed by atoms with E-state index in [1.807, 2.05) is 51.1 Å². The number of urea groups is 1. The maximum absolute atomic E-state index is 12.3. The maximum Gasteiger partial charge on any atom is 0.319 e. The van der Waals surface area contributed by atoms with Gasteiger partial charge in [-0.25, -0.2) is 4.79 Å². The number of hydrogen-bond donors (Lipinski definition) is 2. The summed E-state index contributed by atoms with van der Waals surface area (Å²) in [7, 11) is 1.62. The average Bonchev–Trinajstić information content (AvgIpc) is 2.51. The van der Waals surface area contributed by atoms with Crippen LogP contribution in [0.2, 0.25) is 5.02 Å². The number of carbonyl (C=O) groups is 1. The summed E-state index contributed by atoms with van der Waals surface area (Å²) in [4.78, 5) is 12.3. The molecule has 0 saturated heterocycles. The first-order chi connectivity index (χ1) is 10.8. The van der Waals surface area contributed by atoms with Crippen molar-refractivity contribution in [1.82, 2.24) is 5.32 Å². The van der Waals surface area contributed by atoms with Crippen molar-refractivity contribution in [3.63, 3.8) is 0 Å². The van der Waals surface area contributed by atoms with Crippen molar-refractivity contribution in [1.29, 1.82) is 0 Å². The second-order valence-electron chi connectivity index (χ2n) is 5.85. The van der Waals surface area contributed by atoms with Gasteiger partial charge >= 0.3 is 6.03 Å². The van der Waals surface area contributed by atoms with E-state index < -0.39 is 5.54 Å². The maximum atomic E-state index is 12.3. The Morgan fingerprint density at radius 2 is 1.78 bits per heavy atom. The van der Waals surface area contributed by atoms with E-state index in [9.17, 15) is 4.79 Å². The first kappa shape index (κ1) is 17.2. The number of hydrogen-bond acceptors (Lipinski definition) is 2. The number of benzene rings is 2. The van der Waals surface area contributed by atoms with Gasteiger partial charge in [0, 0.05) is 10.7 Å². The first-order valence-electron chi connectivity index (χ1n) is 7.32. The average molecular weight is 333 g/mol. The van der Waals surface area contributed by atoms with Crippen molar-refractivity contribution in [2.45, 2.75) is 26.3 Å². The van der Waals surface area contributed by atoms with Gasteiger partial charge in [0.05, 0.1) is 12.6 Å². The summed E-state index contributed by atoms with van der Waals surface area (Å²) in [5, 5.41) is 6.43. The summed E-state index contributed by atoms with van der Waals surface area (Å²) in [6.07, 6.45) is 0. The van der Waals surface area contributed by atoms with Gasteiger partial charge in [0.15, 0.2) is 0 Å². The molecule has 0 aliphatic rings. The fourth-order valence-corrected chi connectivity index (χ4v) is 2.43. The quantitative estimate of drug-likeness (QED) is 0.851. The zero-order valence-electron chi connectivity index (χ0n) is 13.7. The molecule has 0 bridgehead atoms. The smallest absolute Gasteiger partial charge is 0.319 e. The zero-order chi connectivity index (χ0) is 17.0. The summed E-state index contributed by atoms with van der Waals surface area (Å²) >= 11 is 6.07. The molecule has 0 unspecified atom stereocenters. The third-order valence-corrected chi connectivity index (χ3v) is 4.16. The molecule has 0 saturated carbocycles. The van der Waals surface area contributed by atoms with Gasteiger partial charge in [-0.2, -0.15) is 0 Å². The lowest BCUT2D eigenvalue weighted by Crippen LogP contribution is -2.43. The predicted octanol–water partition coefficient (Wildman–Crippen LogP) is 4.71. The molecule has 2 rings (SSSR count). The SMILES string of the molecule is COc1ccc(C(C)(C)NC(=O)Nc2cccc(Cl)c2C)cc1. The zero-order valence-corrected chi connectivity index (χ0v) is 14.5. The van der Waals surface area contributed by atoms with Gasteiger partial charge in [0.1, 0.15) is 5.75 Å². The van der Waals surface area contributed by atoms with Crippen molar-refractivity contribution in [2.24, 2.45) is 0 Å².